The molecule has 0 aliphatic rings. The maximum Gasteiger partial charge on any atom is 0.350 e. The summed E-state index contributed by atoms with van der Waals surface area (Å²) < 4.78 is 10.6. The number of ether oxygens (including phenoxy) is 2. The van der Waals surface area contributed by atoms with E-state index in [1.54, 1.807) is 27.7 Å². The van der Waals surface area contributed by atoms with E-state index >= 15 is 0 Å². The van der Waals surface area contributed by atoms with Gasteiger partial charge in [-0.05, 0) is 34.1 Å². The highest BCUT2D eigenvalue weighted by Gasteiger charge is 2.40. The van der Waals surface area contributed by atoms with E-state index in [-0.39, 0.29) is 18.7 Å². The van der Waals surface area contributed by atoms with Gasteiger partial charge in [0.2, 0.25) is 11.5 Å². The largest absolute Gasteiger partial charge is 0.457 e. The maximum absolute atomic E-state index is 12.2. The number of carbonyl (C=O) groups is 3. The number of hydrogen-bond acceptors (Lipinski definition) is 5. The zero-order valence-electron chi connectivity index (χ0n) is 13.9. The van der Waals surface area contributed by atoms with Crippen LogP contribution in [-0.2, 0) is 23.9 Å². The van der Waals surface area contributed by atoms with Crippen molar-refractivity contribution in [3.05, 3.63) is 0 Å². The molecule has 0 spiro atoms. The van der Waals surface area contributed by atoms with Crippen LogP contribution in [0.4, 0.5) is 0 Å². The first-order chi connectivity index (χ1) is 9.54. The summed E-state index contributed by atoms with van der Waals surface area (Å²) in [5, 5.41) is 2.42. The van der Waals surface area contributed by atoms with Gasteiger partial charge in [-0.15, -0.1) is 0 Å². The molecule has 0 radical (unpaired) electrons. The second-order valence-electron chi connectivity index (χ2n) is 6.13. The molecule has 0 rings (SSSR count). The normalized spacial score (nSPS) is 14.0. The first-order valence-electron chi connectivity index (χ1n) is 7.20. The maximum atomic E-state index is 12.2. The minimum atomic E-state index is -1.32. The summed E-state index contributed by atoms with van der Waals surface area (Å²) in [5.74, 6) is -1.40. The second-order valence-corrected chi connectivity index (χ2v) is 6.13. The average molecular weight is 301 g/mol. The Kier molecular flexibility index (Phi) is 7.39. The molecule has 0 saturated carbocycles. The lowest BCUT2D eigenvalue weighted by Gasteiger charge is -2.31. The third-order valence-corrected chi connectivity index (χ3v) is 2.73. The van der Waals surface area contributed by atoms with Crippen LogP contribution in [0.1, 0.15) is 60.3 Å². The van der Waals surface area contributed by atoms with E-state index in [0.717, 1.165) is 0 Å². The van der Waals surface area contributed by atoms with Gasteiger partial charge >= 0.3 is 11.9 Å². The molecule has 0 aromatic carbocycles. The SMILES string of the molecule is CCCC(C)(OC(=O)CCC(=O)NC)C(=O)OC(C)(C)C. The van der Waals surface area contributed by atoms with Gasteiger partial charge in [-0.3, -0.25) is 9.59 Å². The molecule has 6 heteroatoms. The van der Waals surface area contributed by atoms with E-state index in [1.165, 1.54) is 7.05 Å². The number of amides is 1. The highest BCUT2D eigenvalue weighted by molar-refractivity contribution is 5.85. The third-order valence-electron chi connectivity index (χ3n) is 2.73. The molecule has 0 heterocycles. The van der Waals surface area contributed by atoms with E-state index in [2.05, 4.69) is 5.32 Å². The highest BCUT2D eigenvalue weighted by atomic mass is 16.6. The fraction of sp³-hybridized carbons (Fsp3) is 0.800. The van der Waals surface area contributed by atoms with Gasteiger partial charge in [0, 0.05) is 13.5 Å². The average Bonchev–Trinajstić information content (AvgIpc) is 2.34. The zero-order valence-corrected chi connectivity index (χ0v) is 13.9. The smallest absolute Gasteiger partial charge is 0.350 e. The van der Waals surface area contributed by atoms with Crippen LogP contribution in [0.15, 0.2) is 0 Å². The molecule has 1 atom stereocenters. The summed E-state index contributed by atoms with van der Waals surface area (Å²) in [5.41, 5.74) is -1.97. The van der Waals surface area contributed by atoms with E-state index in [9.17, 15) is 14.4 Å². The fourth-order valence-electron chi connectivity index (χ4n) is 1.70. The number of nitrogens with one attached hydrogen (secondary N) is 1. The van der Waals surface area contributed by atoms with Crippen LogP contribution < -0.4 is 5.32 Å². The van der Waals surface area contributed by atoms with Crippen LogP contribution >= 0.6 is 0 Å². The van der Waals surface area contributed by atoms with E-state index in [1.807, 2.05) is 6.92 Å². The van der Waals surface area contributed by atoms with Crippen LogP contribution in [0.3, 0.4) is 0 Å². The number of rotatable bonds is 7. The Morgan fingerprint density at radius 3 is 2.00 bits per heavy atom. The predicted molar refractivity (Wildman–Crippen MR) is 78.6 cm³/mol. The van der Waals surface area contributed by atoms with Crippen LogP contribution in [0.5, 0.6) is 0 Å². The number of esters is 2. The molecule has 0 aliphatic carbocycles. The molecule has 0 bridgehead atoms. The molecule has 0 aromatic rings. The van der Waals surface area contributed by atoms with Gasteiger partial charge in [0.05, 0.1) is 6.42 Å². The lowest BCUT2D eigenvalue weighted by atomic mass is 10.00. The lowest BCUT2D eigenvalue weighted by Crippen LogP contribution is -2.44. The Balaban J connectivity index is 4.75. The van der Waals surface area contributed by atoms with Crippen molar-refractivity contribution >= 4 is 17.8 Å². The summed E-state index contributed by atoms with van der Waals surface area (Å²) in [7, 11) is 1.50. The van der Waals surface area contributed by atoms with Gasteiger partial charge in [0.15, 0.2) is 0 Å². The van der Waals surface area contributed by atoms with Gasteiger partial charge in [-0.2, -0.15) is 0 Å². The van der Waals surface area contributed by atoms with E-state index in [4.69, 9.17) is 9.47 Å². The van der Waals surface area contributed by atoms with Crippen molar-refractivity contribution in [2.24, 2.45) is 0 Å². The Hall–Kier alpha value is -1.59. The molecule has 1 unspecified atom stereocenters. The number of hydrogen-bond donors (Lipinski definition) is 1. The minimum absolute atomic E-state index is 0.0336. The summed E-state index contributed by atoms with van der Waals surface area (Å²) >= 11 is 0. The summed E-state index contributed by atoms with van der Waals surface area (Å²) in [6, 6.07) is 0. The van der Waals surface area contributed by atoms with E-state index < -0.39 is 23.1 Å². The van der Waals surface area contributed by atoms with Gasteiger partial charge in [-0.25, -0.2) is 4.79 Å². The van der Waals surface area contributed by atoms with Crippen LogP contribution in [0, 0.1) is 0 Å². The van der Waals surface area contributed by atoms with Gasteiger partial charge < -0.3 is 14.8 Å². The van der Waals surface area contributed by atoms with Crippen LogP contribution in [-0.4, -0.2) is 36.1 Å². The van der Waals surface area contributed by atoms with Gasteiger partial charge in [0.1, 0.15) is 5.60 Å². The first-order valence-corrected chi connectivity index (χ1v) is 7.20. The molecule has 122 valence electrons. The van der Waals surface area contributed by atoms with Crippen molar-refractivity contribution in [1.29, 1.82) is 0 Å². The Labute approximate surface area is 126 Å². The van der Waals surface area contributed by atoms with Crippen molar-refractivity contribution in [3.8, 4) is 0 Å². The molecule has 21 heavy (non-hydrogen) atoms. The second kappa shape index (κ2) is 8.00. The lowest BCUT2D eigenvalue weighted by molar-refractivity contribution is -0.189. The Morgan fingerprint density at radius 2 is 1.57 bits per heavy atom. The molecule has 1 N–H and O–H groups in total. The molecule has 6 nitrogen and oxygen atoms in total. The third kappa shape index (κ3) is 7.68. The molecular formula is C15H27NO5. The van der Waals surface area contributed by atoms with E-state index in [0.29, 0.717) is 12.8 Å². The molecule has 0 aliphatic heterocycles. The molecule has 0 fully saturated rings. The molecule has 0 saturated heterocycles. The van der Waals surface area contributed by atoms with Crippen molar-refractivity contribution in [1.82, 2.24) is 5.32 Å². The summed E-state index contributed by atoms with van der Waals surface area (Å²) in [6.45, 7) is 8.70. The number of carbonyl (C=O) groups excluding carboxylic acids is 3. The fourth-order valence-corrected chi connectivity index (χ4v) is 1.70. The topological polar surface area (TPSA) is 81.7 Å². The quantitative estimate of drug-likeness (QED) is 0.727. The van der Waals surface area contributed by atoms with Gasteiger partial charge in [-0.1, -0.05) is 13.3 Å². The van der Waals surface area contributed by atoms with Crippen LogP contribution in [0.2, 0.25) is 0 Å². The molecular weight excluding hydrogens is 274 g/mol. The Morgan fingerprint density at radius 1 is 1.00 bits per heavy atom. The predicted octanol–water partition coefficient (Wildman–Crippen LogP) is 1.96. The standard InChI is InChI=1S/C15H27NO5/c1-7-10-15(5,13(19)21-14(2,3)4)20-12(18)9-8-11(17)16-6/h7-10H2,1-6H3,(H,16,17). The van der Waals surface area contributed by atoms with Crippen molar-refractivity contribution in [3.63, 3.8) is 0 Å². The van der Waals surface area contributed by atoms with Crippen LogP contribution in [0.25, 0.3) is 0 Å². The first kappa shape index (κ1) is 19.4. The monoisotopic (exact) mass is 301 g/mol. The minimum Gasteiger partial charge on any atom is -0.457 e. The summed E-state index contributed by atoms with van der Waals surface area (Å²) in [6.07, 6.45) is 1.000. The van der Waals surface area contributed by atoms with Crippen molar-refractivity contribution < 1.29 is 23.9 Å². The zero-order chi connectivity index (χ0) is 16.7. The Bertz CT molecular complexity index is 386. The molecule has 1 amide bonds. The van der Waals surface area contributed by atoms with Crippen molar-refractivity contribution in [2.75, 3.05) is 7.05 Å². The molecule has 0 aromatic heterocycles. The highest BCUT2D eigenvalue weighted by Crippen LogP contribution is 2.23. The van der Waals surface area contributed by atoms with Gasteiger partial charge in [0.25, 0.3) is 0 Å². The summed E-state index contributed by atoms with van der Waals surface area (Å²) in [4.78, 5) is 35.2. The van der Waals surface area contributed by atoms with Crippen molar-refractivity contribution in [2.45, 2.75) is 71.5 Å².